The van der Waals surface area contributed by atoms with Crippen molar-refractivity contribution in [1.82, 2.24) is 19.7 Å². The van der Waals surface area contributed by atoms with Crippen molar-refractivity contribution in [3.05, 3.63) is 42.6 Å². The maximum Gasteiger partial charge on any atom is 0.225 e. The Kier molecular flexibility index (Phi) is 4.26. The molecule has 0 unspecified atom stereocenters. The summed E-state index contributed by atoms with van der Waals surface area (Å²) in [7, 11) is 3.64. The van der Waals surface area contributed by atoms with Crippen LogP contribution in [0.5, 0.6) is 0 Å². The van der Waals surface area contributed by atoms with E-state index in [2.05, 4.69) is 16.3 Å². The first-order valence-electron chi connectivity index (χ1n) is 9.05. The van der Waals surface area contributed by atoms with E-state index in [0.717, 1.165) is 47.7 Å². The number of halogens is 1. The van der Waals surface area contributed by atoms with Crippen LogP contribution in [0.25, 0.3) is 22.0 Å². The van der Waals surface area contributed by atoms with Gasteiger partial charge in [0.15, 0.2) is 0 Å². The molecule has 4 rings (SSSR count). The first-order chi connectivity index (χ1) is 12.5. The smallest absolute Gasteiger partial charge is 0.225 e. The molecule has 136 valence electrons. The van der Waals surface area contributed by atoms with Crippen LogP contribution in [-0.4, -0.2) is 39.7 Å². The van der Waals surface area contributed by atoms with Gasteiger partial charge in [-0.25, -0.2) is 4.39 Å². The molecule has 3 aromatic rings. The SMILES string of the molecule is CN(C)C(=O)[C@H]1CC[C@@H](n2cc(-c3c[nH]c4cc(F)ccc34)cn2)CC1. The number of aromatic nitrogens is 3. The Labute approximate surface area is 151 Å². The first-order valence-corrected chi connectivity index (χ1v) is 9.05. The first kappa shape index (κ1) is 16.8. The molecular formula is C20H23FN4O. The fourth-order valence-corrected chi connectivity index (χ4v) is 3.97. The summed E-state index contributed by atoms with van der Waals surface area (Å²) in [4.78, 5) is 16.9. The van der Waals surface area contributed by atoms with E-state index in [9.17, 15) is 9.18 Å². The number of fused-ring (bicyclic) bond motifs is 1. The van der Waals surface area contributed by atoms with Gasteiger partial charge >= 0.3 is 0 Å². The molecule has 26 heavy (non-hydrogen) atoms. The molecule has 0 bridgehead atoms. The van der Waals surface area contributed by atoms with E-state index in [1.807, 2.05) is 31.2 Å². The van der Waals surface area contributed by atoms with E-state index in [1.165, 1.54) is 12.1 Å². The highest BCUT2D eigenvalue weighted by Crippen LogP contribution is 2.34. The highest BCUT2D eigenvalue weighted by Gasteiger charge is 2.28. The van der Waals surface area contributed by atoms with Crippen LogP contribution in [0.3, 0.4) is 0 Å². The zero-order valence-corrected chi connectivity index (χ0v) is 15.1. The Hall–Kier alpha value is -2.63. The number of hydrogen-bond donors (Lipinski definition) is 1. The molecule has 1 aliphatic rings. The number of rotatable bonds is 3. The van der Waals surface area contributed by atoms with Crippen LogP contribution in [0.15, 0.2) is 36.8 Å². The second kappa shape index (κ2) is 6.59. The summed E-state index contributed by atoms with van der Waals surface area (Å²) in [6.45, 7) is 0. The molecular weight excluding hydrogens is 331 g/mol. The largest absolute Gasteiger partial charge is 0.360 e. The highest BCUT2D eigenvalue weighted by molar-refractivity contribution is 5.95. The predicted octanol–water partition coefficient (Wildman–Crippen LogP) is 3.99. The van der Waals surface area contributed by atoms with Gasteiger partial charge in [-0.15, -0.1) is 0 Å². The average molecular weight is 354 g/mol. The number of benzene rings is 1. The van der Waals surface area contributed by atoms with Crippen molar-refractivity contribution in [1.29, 1.82) is 0 Å². The fourth-order valence-electron chi connectivity index (χ4n) is 3.97. The van der Waals surface area contributed by atoms with Crippen LogP contribution < -0.4 is 0 Å². The van der Waals surface area contributed by atoms with E-state index in [1.54, 1.807) is 11.0 Å². The predicted molar refractivity (Wildman–Crippen MR) is 99.2 cm³/mol. The Balaban J connectivity index is 1.51. The molecule has 1 saturated carbocycles. The van der Waals surface area contributed by atoms with Crippen LogP contribution in [0.1, 0.15) is 31.7 Å². The number of aromatic amines is 1. The minimum Gasteiger partial charge on any atom is -0.360 e. The topological polar surface area (TPSA) is 53.9 Å². The summed E-state index contributed by atoms with van der Waals surface area (Å²) in [5.74, 6) is 0.126. The highest BCUT2D eigenvalue weighted by atomic mass is 19.1. The van der Waals surface area contributed by atoms with Crippen molar-refractivity contribution < 1.29 is 9.18 Å². The van der Waals surface area contributed by atoms with Gasteiger partial charge in [0.05, 0.1) is 12.2 Å². The molecule has 1 N–H and O–H groups in total. The van der Waals surface area contributed by atoms with E-state index >= 15 is 0 Å². The van der Waals surface area contributed by atoms with Crippen LogP contribution in [0.4, 0.5) is 4.39 Å². The molecule has 5 nitrogen and oxygen atoms in total. The molecule has 1 aromatic carbocycles. The quantitative estimate of drug-likeness (QED) is 0.773. The maximum atomic E-state index is 13.4. The van der Waals surface area contributed by atoms with Gasteiger partial charge < -0.3 is 9.88 Å². The van der Waals surface area contributed by atoms with Gasteiger partial charge in [-0.3, -0.25) is 9.48 Å². The van der Waals surface area contributed by atoms with Crippen molar-refractivity contribution in [3.63, 3.8) is 0 Å². The molecule has 0 spiro atoms. The lowest BCUT2D eigenvalue weighted by molar-refractivity contribution is -0.134. The van der Waals surface area contributed by atoms with Gasteiger partial charge in [0, 0.05) is 54.4 Å². The van der Waals surface area contributed by atoms with Crippen LogP contribution in [-0.2, 0) is 4.79 Å². The summed E-state index contributed by atoms with van der Waals surface area (Å²) in [6.07, 6.45) is 9.56. The minimum absolute atomic E-state index is 0.139. The molecule has 1 amide bonds. The van der Waals surface area contributed by atoms with Crippen molar-refractivity contribution in [2.24, 2.45) is 5.92 Å². The van der Waals surface area contributed by atoms with Crippen molar-refractivity contribution in [3.8, 4) is 11.1 Å². The van der Waals surface area contributed by atoms with Crippen molar-refractivity contribution in [2.45, 2.75) is 31.7 Å². The lowest BCUT2D eigenvalue weighted by Gasteiger charge is -2.29. The lowest BCUT2D eigenvalue weighted by atomic mass is 9.85. The zero-order valence-electron chi connectivity index (χ0n) is 15.1. The molecule has 1 fully saturated rings. The standard InChI is InChI=1S/C20H23FN4O/c1-24(2)20(26)13-3-6-16(7-4-13)25-12-14(10-23-25)18-11-22-19-9-15(21)5-8-17(18)19/h5,8-13,16,22H,3-4,6-7H2,1-2H3/t13-,16+. The number of carbonyl (C=O) groups is 1. The second-order valence-electron chi connectivity index (χ2n) is 7.34. The molecule has 2 heterocycles. The van der Waals surface area contributed by atoms with E-state index in [0.29, 0.717) is 6.04 Å². The molecule has 2 aromatic heterocycles. The summed E-state index contributed by atoms with van der Waals surface area (Å²) in [5.41, 5.74) is 2.84. The Morgan fingerprint density at radius 2 is 2.04 bits per heavy atom. The number of hydrogen-bond acceptors (Lipinski definition) is 2. The van der Waals surface area contributed by atoms with Crippen molar-refractivity contribution >= 4 is 16.8 Å². The Morgan fingerprint density at radius 3 is 2.77 bits per heavy atom. The summed E-state index contributed by atoms with van der Waals surface area (Å²) < 4.78 is 15.4. The van der Waals surface area contributed by atoms with E-state index in [4.69, 9.17) is 0 Å². The molecule has 1 aliphatic carbocycles. The molecule has 0 atom stereocenters. The van der Waals surface area contributed by atoms with E-state index in [-0.39, 0.29) is 17.6 Å². The number of nitrogens with one attached hydrogen (secondary N) is 1. The maximum absolute atomic E-state index is 13.4. The lowest BCUT2D eigenvalue weighted by Crippen LogP contribution is -2.32. The number of nitrogens with zero attached hydrogens (tertiary/aromatic N) is 3. The Bertz CT molecular complexity index is 934. The molecule has 0 aliphatic heterocycles. The third kappa shape index (κ3) is 3.00. The Morgan fingerprint density at radius 1 is 1.27 bits per heavy atom. The minimum atomic E-state index is -0.245. The zero-order chi connectivity index (χ0) is 18.3. The number of amides is 1. The van der Waals surface area contributed by atoms with E-state index < -0.39 is 0 Å². The van der Waals surface area contributed by atoms with Gasteiger partial charge in [-0.2, -0.15) is 5.10 Å². The number of carbonyl (C=O) groups excluding carboxylic acids is 1. The van der Waals surface area contributed by atoms with Gasteiger partial charge in [-0.1, -0.05) is 0 Å². The van der Waals surface area contributed by atoms with Gasteiger partial charge in [-0.05, 0) is 43.9 Å². The monoisotopic (exact) mass is 354 g/mol. The van der Waals surface area contributed by atoms with Crippen LogP contribution in [0, 0.1) is 11.7 Å². The second-order valence-corrected chi connectivity index (χ2v) is 7.34. The normalized spacial score (nSPS) is 20.4. The van der Waals surface area contributed by atoms with Crippen LogP contribution in [0.2, 0.25) is 0 Å². The van der Waals surface area contributed by atoms with Gasteiger partial charge in [0.2, 0.25) is 5.91 Å². The molecule has 0 radical (unpaired) electrons. The summed E-state index contributed by atoms with van der Waals surface area (Å²) in [5, 5.41) is 5.55. The van der Waals surface area contributed by atoms with Crippen molar-refractivity contribution in [2.75, 3.05) is 14.1 Å². The molecule has 6 heteroatoms. The van der Waals surface area contributed by atoms with Crippen LogP contribution >= 0.6 is 0 Å². The third-order valence-electron chi connectivity index (χ3n) is 5.42. The third-order valence-corrected chi connectivity index (χ3v) is 5.42. The number of H-pyrrole nitrogens is 1. The summed E-state index contributed by atoms with van der Waals surface area (Å²) in [6, 6.07) is 5.11. The van der Waals surface area contributed by atoms with Gasteiger partial charge in [0.1, 0.15) is 5.82 Å². The van der Waals surface area contributed by atoms with Gasteiger partial charge in [0.25, 0.3) is 0 Å². The summed E-state index contributed by atoms with van der Waals surface area (Å²) >= 11 is 0. The average Bonchev–Trinajstić information content (AvgIpc) is 3.27. The molecule has 0 saturated heterocycles. The fraction of sp³-hybridized carbons (Fsp3) is 0.400.